The smallest absolute Gasteiger partial charge is 1.00 e. The second kappa shape index (κ2) is 65.7. The molecule has 0 fully saturated rings. The molecule has 2 heterocycles. The van der Waals surface area contributed by atoms with Crippen LogP contribution in [0.4, 0.5) is 38.5 Å². The van der Waals surface area contributed by atoms with Crippen molar-refractivity contribution in [3.05, 3.63) is 351 Å². The molecule has 0 aromatic heterocycles. The number of anilines is 2. The molecule has 0 spiro atoms. The number of aliphatic imine (C=N–C) groups is 1. The Bertz CT molecular complexity index is 5850. The number of fused-ring (bicyclic) bond motifs is 4. The Balaban J connectivity index is -0.00000143. The van der Waals surface area contributed by atoms with Gasteiger partial charge in [0, 0.05) is 102 Å². The minimum Gasteiger partial charge on any atom is -1.00 e. The zero-order chi connectivity index (χ0) is 89.7. The fourth-order valence-electron chi connectivity index (χ4n) is 9.50. The number of nitrogens with two attached hydrogens (primary N) is 1. The van der Waals surface area contributed by atoms with Gasteiger partial charge in [0.2, 0.25) is 5.82 Å². The number of nitrogen functional groups attached to an aromatic ring is 1. The normalized spacial score (nSPS) is 10.2. The molecule has 0 unspecified atom stereocenters. The number of nitro benzene ring substituents is 3. The number of nitrogens with one attached hydrogen (secondary N) is 1. The molecule has 2 aliphatic heterocycles. The van der Waals surface area contributed by atoms with Gasteiger partial charge in [0.25, 0.3) is 23.8 Å². The zero-order valence-corrected chi connectivity index (χ0v) is 93.7. The number of ether oxygens (including phenoxy) is 2. The first-order chi connectivity index (χ1) is 58.3. The first-order valence-electron chi connectivity index (χ1n) is 34.0. The molecule has 0 saturated heterocycles. The maximum Gasteiger partial charge on any atom is 1.00 e. The van der Waals surface area contributed by atoms with Gasteiger partial charge in [-0.05, 0) is 163 Å². The zero-order valence-electron chi connectivity index (χ0n) is 65.7. The van der Waals surface area contributed by atoms with E-state index in [2.05, 4.69) is 140 Å². The summed E-state index contributed by atoms with van der Waals surface area (Å²) in [6, 6.07) is 73.3. The molecular weight excluding hydrogens is 2540 g/mol. The van der Waals surface area contributed by atoms with Gasteiger partial charge in [-0.2, -0.15) is 4.39 Å². The van der Waals surface area contributed by atoms with Crippen LogP contribution in [0, 0.1) is 36.2 Å². The van der Waals surface area contributed by atoms with Crippen LogP contribution < -0.4 is 154 Å². The monoisotopic (exact) mass is 2610 g/mol. The maximum absolute atomic E-state index is 12.6. The van der Waals surface area contributed by atoms with Crippen LogP contribution in [0.2, 0.25) is 0 Å². The number of carboxylic acids is 2. The molecule has 0 aliphatic carbocycles. The van der Waals surface area contributed by atoms with Crippen LogP contribution in [0.1, 0.15) is 97.3 Å². The molecular formula is C87H79Br6ClCs2FIN6O18S6. The number of aromatic carboxylic acids is 2. The quantitative estimate of drug-likeness (QED) is 0.00777. The van der Waals surface area contributed by atoms with E-state index in [0.717, 1.165) is 96.1 Å². The number of hydrogen-bond donors (Lipinski definition) is 5. The Morgan fingerprint density at radius 2 is 0.859 bits per heavy atom. The third-order valence-electron chi connectivity index (χ3n) is 14.9. The van der Waals surface area contributed by atoms with E-state index in [1.165, 1.54) is 50.2 Å². The van der Waals surface area contributed by atoms with Crippen molar-refractivity contribution in [3.63, 3.8) is 0 Å². The molecule has 128 heavy (non-hydrogen) atoms. The Labute approximate surface area is 956 Å². The van der Waals surface area contributed by atoms with E-state index in [4.69, 9.17) is 43.7 Å². The van der Waals surface area contributed by atoms with Crippen molar-refractivity contribution in [3.8, 4) is 0 Å². The standard InChI is InChI=1S/C14H10BrNO4S.C13H7BrClNS.C13H8BrNO4S.C13H10BrNO2S.C13H8BrNOS.C8H8O2S.C6H3BrFNO2.CH3I.CH2O3.5CH4.2Cs.H/c1-20-14(17)10-4-2-3-5-12(10)21-13-7-6-9(15)8-11(13)16(18)19;14-8-5-6-12-10(7-8)16-13(15)9-3-1-2-4-11(9)17-12;14-8-5-6-12(10(7-8)15(18)19)20-11-4-2-1-3-9(11)13(16)17;14-8-5-6-12(10(15)7-8)18-11-4-2-1-3-9(11)13(16)17;14-8-5-6-12-10(7-8)15-13(16)9-3-1-2-4-11(9)17-12;1-10-8(9)6-4-2-3-5-7(6)11;7-4-1-2-5(8)6(3-4)9(10)11;1-2;2-1-4-3;;;;;;;;/h2-8H,1H3;1-7H;1-7H,(H,16,17);1-7H,15H2,(H,16,17);1-7H,(H,15,16);2-5,11H,1H3;1-3H;1H3;1,3H;5*1H4;;;/q;;;;;;;;;;;;;;2*+1;-1/p-1/i;;;;;;;1D;;;;;;;;;. The molecule has 24 nitrogen and oxygen atoms in total. The average molecular weight is 2620 g/mol. The Morgan fingerprint density at radius 1 is 0.516 bits per heavy atom. The van der Waals surface area contributed by atoms with Gasteiger partial charge in [0.1, 0.15) is 5.17 Å². The van der Waals surface area contributed by atoms with E-state index in [1.54, 1.807) is 133 Å². The predicted octanol–water partition coefficient (Wildman–Crippen LogP) is 22.8. The summed E-state index contributed by atoms with van der Waals surface area (Å²) in [6.07, 6.45) is 0. The molecule has 0 saturated carbocycles. The molecule has 2 aliphatic rings. The number of nitro groups is 3. The number of amides is 1. The molecule has 12 aromatic rings. The van der Waals surface area contributed by atoms with E-state index in [1.807, 2.05) is 120 Å². The van der Waals surface area contributed by atoms with Crippen molar-refractivity contribution in [2.75, 3.05) is 30.2 Å². The molecule has 12 aromatic carbocycles. The minimum atomic E-state index is -1.06. The first-order valence-corrected chi connectivity index (χ1v) is 44.5. The van der Waals surface area contributed by atoms with Crippen LogP contribution in [0.25, 0.3) is 0 Å². The summed E-state index contributed by atoms with van der Waals surface area (Å²) < 4.78 is 32.6. The van der Waals surface area contributed by atoms with Crippen molar-refractivity contribution >= 4 is 277 Å². The van der Waals surface area contributed by atoms with Crippen LogP contribution >= 0.6 is 201 Å². The van der Waals surface area contributed by atoms with E-state index >= 15 is 0 Å². The Hall–Kier alpha value is -4.88. The Morgan fingerprint density at radius 3 is 1.30 bits per heavy atom. The number of halogens is 9. The number of esters is 2. The summed E-state index contributed by atoms with van der Waals surface area (Å²) in [7, 11) is 2.65. The number of carbonyl (C=O) groups is 6. The number of carbonyl (C=O) groups excluding carboxylic acids is 4. The first kappa shape index (κ1) is 123. The van der Waals surface area contributed by atoms with E-state index in [0.29, 0.717) is 69.7 Å². The van der Waals surface area contributed by atoms with Crippen molar-refractivity contribution in [1.82, 2.24) is 0 Å². The van der Waals surface area contributed by atoms with Gasteiger partial charge in [0.05, 0.1) is 78.0 Å². The molecule has 0 atom stereocenters. The van der Waals surface area contributed by atoms with Gasteiger partial charge >= 0.3 is 167 Å². The summed E-state index contributed by atoms with van der Waals surface area (Å²) in [5, 5.41) is 62.4. The summed E-state index contributed by atoms with van der Waals surface area (Å²) in [5.41, 5.74) is 10.7. The SMILES string of the molecule is C.C.C.C.C.COC(=O)c1ccccc1S.COC(=O)c1ccccc1Sc1ccc(Br)cc1[N+](=O)[O-].ClC1=Nc2cc(Br)ccc2Sc2ccccc21.Nc1cc(Br)ccc1Sc1ccccc1C(=O)O.O=C(O)c1ccccc1Sc1ccc(Br)cc1[N+](=O)[O-].O=C1Nc2cc(Br)ccc2Sc2ccccc21.O=CO[O-].O=[N+]([O-])c1cc(Br)ccc1F.[2H]CI.[Cs+].[Cs+].[H-]. The fourth-order valence-corrected chi connectivity index (χ4v) is 17.2. The Kier molecular flexibility index (Phi) is 63.2. The number of carboxylic acid groups (broad SMARTS) is 2. The van der Waals surface area contributed by atoms with Gasteiger partial charge in [-0.25, -0.2) is 24.2 Å². The van der Waals surface area contributed by atoms with Gasteiger partial charge in [0.15, 0.2) is 0 Å². The van der Waals surface area contributed by atoms with E-state index in [-0.39, 0.29) is 217 Å². The molecule has 5 N–H and O–H groups in total. The number of thiol groups is 1. The van der Waals surface area contributed by atoms with Crippen molar-refractivity contribution in [2.45, 2.75) is 91.0 Å². The molecule has 666 valence electrons. The van der Waals surface area contributed by atoms with Crippen LogP contribution in [0.3, 0.4) is 0 Å². The van der Waals surface area contributed by atoms with Crippen molar-refractivity contribution in [2.24, 2.45) is 4.99 Å². The third kappa shape index (κ3) is 40.4. The minimum absolute atomic E-state index is 0. The van der Waals surface area contributed by atoms with Crippen LogP contribution in [0.15, 0.2) is 340 Å². The average Bonchev–Trinajstić information content (AvgIpc) is 1.75. The van der Waals surface area contributed by atoms with Crippen LogP contribution in [-0.2, 0) is 19.2 Å². The summed E-state index contributed by atoms with van der Waals surface area (Å²) >= 11 is 38.8. The van der Waals surface area contributed by atoms with Gasteiger partial charge in [-0.3, -0.25) is 39.9 Å². The third-order valence-corrected chi connectivity index (χ3v) is 24.2. The van der Waals surface area contributed by atoms with Crippen LogP contribution in [-0.4, -0.2) is 85.5 Å². The number of alkyl halides is 1. The molecule has 0 bridgehead atoms. The number of nitrogens with zero attached hydrogens (tertiary/aromatic N) is 4. The number of hydrogen-bond acceptors (Lipinski definition) is 24. The predicted molar refractivity (Wildman–Crippen MR) is 534 cm³/mol. The fraction of sp³-hybridized carbons (Fsp3) is 0.0920. The second-order valence-corrected chi connectivity index (χ2v) is 34.4. The van der Waals surface area contributed by atoms with E-state index in [9.17, 15) is 58.7 Å². The van der Waals surface area contributed by atoms with Crippen LogP contribution in [0.5, 0.6) is 0 Å². The maximum atomic E-state index is 12.6. The summed E-state index contributed by atoms with van der Waals surface area (Å²) in [6.45, 7) is -0.181. The molecule has 41 heteroatoms. The van der Waals surface area contributed by atoms with Crippen molar-refractivity contribution < 1.29 is 218 Å². The van der Waals surface area contributed by atoms with Gasteiger partial charge in [-0.15, -0.1) is 12.6 Å². The molecule has 14 rings (SSSR count). The van der Waals surface area contributed by atoms with Gasteiger partial charge in [-0.1, -0.05) is 305 Å². The summed E-state index contributed by atoms with van der Waals surface area (Å²) in [5.74, 6) is -3.70. The summed E-state index contributed by atoms with van der Waals surface area (Å²) in [4.78, 5) is 112. The largest absolute Gasteiger partial charge is 1.00 e. The molecule has 0 radical (unpaired) electrons. The van der Waals surface area contributed by atoms with E-state index < -0.39 is 44.2 Å². The number of benzene rings is 12. The topological polar surface area (TPSA) is 373 Å². The van der Waals surface area contributed by atoms with Gasteiger partial charge < -0.3 is 42.3 Å². The van der Waals surface area contributed by atoms with Crippen molar-refractivity contribution in [1.29, 1.82) is 0 Å². The number of methoxy groups -OCH3 is 2. The number of rotatable bonds is 14. The second-order valence-electron chi connectivity index (χ2n) is 22.7. The molecule has 1 amide bonds.